The third-order valence-electron chi connectivity index (χ3n) is 3.04. The molecule has 1 rings (SSSR count). The minimum Gasteiger partial charge on any atom is -0.370 e. The zero-order valence-electron chi connectivity index (χ0n) is 10.1. The van der Waals surface area contributed by atoms with E-state index >= 15 is 0 Å². The lowest BCUT2D eigenvalue weighted by Gasteiger charge is -2.29. The van der Waals surface area contributed by atoms with Gasteiger partial charge < -0.3 is 4.90 Å². The monoisotopic (exact) mass is 303 g/mol. The maximum atomic E-state index is 6.30. The molecular weight excluding hydrogens is 286 g/mol. The fourth-order valence-corrected chi connectivity index (χ4v) is 2.64. The van der Waals surface area contributed by atoms with Crippen molar-refractivity contribution in [1.29, 1.82) is 0 Å². The third-order valence-corrected chi connectivity index (χ3v) is 3.99. The van der Waals surface area contributed by atoms with Gasteiger partial charge in [0.15, 0.2) is 0 Å². The van der Waals surface area contributed by atoms with E-state index in [1.54, 1.807) is 0 Å². The van der Waals surface area contributed by atoms with Gasteiger partial charge in [0.2, 0.25) is 0 Å². The number of hydrogen-bond donors (Lipinski definition) is 0. The summed E-state index contributed by atoms with van der Waals surface area (Å²) in [7, 11) is 2.12. The smallest absolute Gasteiger partial charge is 0.0642 e. The quantitative estimate of drug-likeness (QED) is 0.702. The van der Waals surface area contributed by atoms with Crippen LogP contribution in [0.3, 0.4) is 0 Å². The molecule has 0 N–H and O–H groups in total. The van der Waals surface area contributed by atoms with E-state index in [2.05, 4.69) is 53.9 Å². The SMILES string of the molecule is CCC(CC)N(C)c1ccc(CBr)cc1Cl. The lowest BCUT2D eigenvalue weighted by atomic mass is 10.1. The molecule has 0 fully saturated rings. The summed E-state index contributed by atoms with van der Waals surface area (Å²) in [6.07, 6.45) is 2.28. The fourth-order valence-electron chi connectivity index (χ4n) is 1.95. The Morgan fingerprint density at radius 2 is 1.94 bits per heavy atom. The van der Waals surface area contributed by atoms with E-state index < -0.39 is 0 Å². The van der Waals surface area contributed by atoms with Crippen LogP contribution in [-0.4, -0.2) is 13.1 Å². The van der Waals surface area contributed by atoms with Gasteiger partial charge in [0, 0.05) is 18.4 Å². The Balaban J connectivity index is 2.95. The number of hydrogen-bond acceptors (Lipinski definition) is 1. The second-order valence-electron chi connectivity index (χ2n) is 4.00. The molecule has 0 aliphatic heterocycles. The molecule has 0 saturated heterocycles. The number of alkyl halides is 1. The van der Waals surface area contributed by atoms with Gasteiger partial charge in [-0.2, -0.15) is 0 Å². The molecule has 0 heterocycles. The van der Waals surface area contributed by atoms with Crippen molar-refractivity contribution in [2.75, 3.05) is 11.9 Å². The number of halogens is 2. The number of anilines is 1. The molecule has 3 heteroatoms. The fraction of sp³-hybridized carbons (Fsp3) is 0.538. The van der Waals surface area contributed by atoms with Crippen LogP contribution in [0.5, 0.6) is 0 Å². The molecule has 0 atom stereocenters. The molecule has 1 aromatic carbocycles. The minimum atomic E-state index is 0.562. The average Bonchev–Trinajstić information content (AvgIpc) is 2.30. The van der Waals surface area contributed by atoms with Gasteiger partial charge in [0.05, 0.1) is 10.7 Å². The summed E-state index contributed by atoms with van der Waals surface area (Å²) >= 11 is 9.74. The molecule has 0 unspecified atom stereocenters. The van der Waals surface area contributed by atoms with E-state index in [1.165, 1.54) is 5.56 Å². The first-order valence-electron chi connectivity index (χ1n) is 5.71. The highest BCUT2D eigenvalue weighted by molar-refractivity contribution is 9.08. The maximum Gasteiger partial charge on any atom is 0.0642 e. The Hall–Kier alpha value is -0.210. The first kappa shape index (κ1) is 13.9. The lowest BCUT2D eigenvalue weighted by Crippen LogP contribution is -2.30. The third kappa shape index (κ3) is 3.14. The van der Waals surface area contributed by atoms with E-state index in [0.29, 0.717) is 6.04 Å². The van der Waals surface area contributed by atoms with Crippen molar-refractivity contribution in [1.82, 2.24) is 0 Å². The number of nitrogens with zero attached hydrogens (tertiary/aromatic N) is 1. The molecule has 0 aromatic heterocycles. The van der Waals surface area contributed by atoms with Gasteiger partial charge in [0.25, 0.3) is 0 Å². The van der Waals surface area contributed by atoms with Crippen molar-refractivity contribution in [3.63, 3.8) is 0 Å². The van der Waals surface area contributed by atoms with Crippen LogP contribution in [0.15, 0.2) is 18.2 Å². The van der Waals surface area contributed by atoms with Crippen molar-refractivity contribution in [2.24, 2.45) is 0 Å². The molecule has 1 aromatic rings. The zero-order chi connectivity index (χ0) is 12.1. The lowest BCUT2D eigenvalue weighted by molar-refractivity contribution is 0.592. The van der Waals surface area contributed by atoms with E-state index in [0.717, 1.165) is 28.9 Å². The second kappa shape index (κ2) is 6.51. The Kier molecular flexibility index (Phi) is 5.63. The Bertz CT molecular complexity index is 337. The first-order valence-corrected chi connectivity index (χ1v) is 7.21. The van der Waals surface area contributed by atoms with Crippen LogP contribution >= 0.6 is 27.5 Å². The Labute approximate surface area is 112 Å². The Morgan fingerprint density at radius 1 is 1.31 bits per heavy atom. The van der Waals surface area contributed by atoms with Crippen LogP contribution in [-0.2, 0) is 5.33 Å². The highest BCUT2D eigenvalue weighted by atomic mass is 79.9. The molecular formula is C13H19BrClN. The minimum absolute atomic E-state index is 0.562. The van der Waals surface area contributed by atoms with E-state index in [4.69, 9.17) is 11.6 Å². The van der Waals surface area contributed by atoms with Gasteiger partial charge in [-0.1, -0.05) is 47.4 Å². The number of benzene rings is 1. The molecule has 0 aliphatic carbocycles. The van der Waals surface area contributed by atoms with Crippen LogP contribution < -0.4 is 4.90 Å². The summed E-state index contributed by atoms with van der Waals surface area (Å²) in [5.74, 6) is 0. The molecule has 0 aliphatic rings. The molecule has 0 saturated carbocycles. The largest absolute Gasteiger partial charge is 0.370 e. The van der Waals surface area contributed by atoms with Crippen LogP contribution in [0.2, 0.25) is 5.02 Å². The summed E-state index contributed by atoms with van der Waals surface area (Å²) in [5.41, 5.74) is 2.34. The zero-order valence-corrected chi connectivity index (χ0v) is 12.5. The molecule has 16 heavy (non-hydrogen) atoms. The average molecular weight is 305 g/mol. The number of rotatable bonds is 5. The van der Waals surface area contributed by atoms with Crippen LogP contribution in [0.4, 0.5) is 5.69 Å². The van der Waals surface area contributed by atoms with Crippen LogP contribution in [0.1, 0.15) is 32.3 Å². The predicted molar refractivity (Wildman–Crippen MR) is 76.9 cm³/mol. The standard InChI is InChI=1S/C13H19BrClN/c1-4-11(5-2)16(3)13-7-6-10(9-14)8-12(13)15/h6-8,11H,4-5,9H2,1-3H3. The summed E-state index contributed by atoms with van der Waals surface area (Å²) in [6.45, 7) is 4.43. The predicted octanol–water partition coefficient (Wildman–Crippen LogP) is 4.86. The van der Waals surface area contributed by atoms with E-state index in [-0.39, 0.29) is 0 Å². The first-order chi connectivity index (χ1) is 7.63. The molecule has 0 spiro atoms. The highest BCUT2D eigenvalue weighted by Crippen LogP contribution is 2.29. The van der Waals surface area contributed by atoms with Crippen LogP contribution in [0.25, 0.3) is 0 Å². The Morgan fingerprint density at radius 3 is 2.38 bits per heavy atom. The maximum absolute atomic E-state index is 6.30. The summed E-state index contributed by atoms with van der Waals surface area (Å²) in [5, 5.41) is 1.69. The van der Waals surface area contributed by atoms with Gasteiger partial charge in [-0.15, -0.1) is 0 Å². The van der Waals surface area contributed by atoms with Gasteiger partial charge in [0.1, 0.15) is 0 Å². The van der Waals surface area contributed by atoms with Gasteiger partial charge >= 0.3 is 0 Å². The van der Waals surface area contributed by atoms with Crippen molar-refractivity contribution in [2.45, 2.75) is 38.1 Å². The van der Waals surface area contributed by atoms with Crippen molar-refractivity contribution >= 4 is 33.2 Å². The second-order valence-corrected chi connectivity index (χ2v) is 4.97. The van der Waals surface area contributed by atoms with Crippen molar-refractivity contribution in [3.05, 3.63) is 28.8 Å². The molecule has 1 nitrogen and oxygen atoms in total. The molecule has 0 amide bonds. The topological polar surface area (TPSA) is 3.24 Å². The molecule has 0 bridgehead atoms. The summed E-state index contributed by atoms with van der Waals surface area (Å²) in [4.78, 5) is 2.28. The van der Waals surface area contributed by atoms with Gasteiger partial charge in [-0.3, -0.25) is 0 Å². The van der Waals surface area contributed by atoms with Gasteiger partial charge in [-0.25, -0.2) is 0 Å². The normalized spacial score (nSPS) is 10.9. The highest BCUT2D eigenvalue weighted by Gasteiger charge is 2.13. The van der Waals surface area contributed by atoms with Crippen molar-refractivity contribution in [3.8, 4) is 0 Å². The molecule has 90 valence electrons. The van der Waals surface area contributed by atoms with E-state index in [9.17, 15) is 0 Å². The van der Waals surface area contributed by atoms with Crippen LogP contribution in [0, 0.1) is 0 Å². The van der Waals surface area contributed by atoms with Gasteiger partial charge in [-0.05, 0) is 30.5 Å². The molecule has 0 radical (unpaired) electrons. The van der Waals surface area contributed by atoms with E-state index in [1.807, 2.05) is 6.07 Å². The van der Waals surface area contributed by atoms with Crippen molar-refractivity contribution < 1.29 is 0 Å². The summed E-state index contributed by atoms with van der Waals surface area (Å²) < 4.78 is 0. The summed E-state index contributed by atoms with van der Waals surface area (Å²) in [6, 6.07) is 6.82.